The first-order chi connectivity index (χ1) is 9.52. The Balaban J connectivity index is 2.20. The lowest BCUT2D eigenvalue weighted by Crippen LogP contribution is -2.37. The molecule has 0 saturated heterocycles. The number of amides is 1. The summed E-state index contributed by atoms with van der Waals surface area (Å²) in [6, 6.07) is 5.41. The normalized spacial score (nSPS) is 11.6. The summed E-state index contributed by atoms with van der Waals surface area (Å²) in [4.78, 5) is 22.3. The number of methoxy groups -OCH3 is 1. The fraction of sp³-hybridized carbons (Fsp3) is 0.385. The number of rotatable bonds is 7. The van der Waals surface area contributed by atoms with Crippen LogP contribution in [-0.2, 0) is 14.3 Å². The highest BCUT2D eigenvalue weighted by Crippen LogP contribution is 2.10. The van der Waals surface area contributed by atoms with E-state index in [-0.39, 0.29) is 31.3 Å². The number of ether oxygens (including phenoxy) is 2. The first kappa shape index (κ1) is 15.9. The third kappa shape index (κ3) is 5.66. The average Bonchev–Trinajstić information content (AvgIpc) is 2.46. The van der Waals surface area contributed by atoms with Gasteiger partial charge in [0.1, 0.15) is 11.6 Å². The van der Waals surface area contributed by atoms with Gasteiger partial charge in [-0.25, -0.2) is 9.18 Å². The zero-order valence-corrected chi connectivity index (χ0v) is 11.0. The maximum absolute atomic E-state index is 12.6. The molecule has 1 aromatic rings. The van der Waals surface area contributed by atoms with Crippen LogP contribution in [0.25, 0.3) is 0 Å². The molecule has 2 N–H and O–H groups in total. The molecule has 0 aliphatic rings. The molecule has 1 unspecified atom stereocenters. The second kappa shape index (κ2) is 8.11. The Hall–Kier alpha value is -2.15. The van der Waals surface area contributed by atoms with Crippen molar-refractivity contribution in [1.29, 1.82) is 0 Å². The number of benzene rings is 1. The van der Waals surface area contributed by atoms with Gasteiger partial charge >= 0.3 is 5.97 Å². The van der Waals surface area contributed by atoms with Crippen molar-refractivity contribution in [2.24, 2.45) is 0 Å². The molecule has 0 aromatic heterocycles. The lowest BCUT2D eigenvalue weighted by molar-refractivity contribution is -0.150. The molecule has 0 spiro atoms. The summed E-state index contributed by atoms with van der Waals surface area (Å²) in [5.74, 6) is -1.11. The van der Waals surface area contributed by atoms with Crippen molar-refractivity contribution >= 4 is 11.9 Å². The molecule has 0 aliphatic carbocycles. The molecule has 0 heterocycles. The van der Waals surface area contributed by atoms with E-state index in [1.54, 1.807) is 0 Å². The first-order valence-corrected chi connectivity index (χ1v) is 5.94. The van der Waals surface area contributed by atoms with E-state index in [0.717, 1.165) is 7.11 Å². The maximum atomic E-state index is 12.6. The Labute approximate surface area is 115 Å². The standard InChI is InChI=1S/C13H16FNO5/c1-19-13(18)11(16)8-15-12(17)6-7-20-10-4-2-9(14)3-5-10/h2-5,11,16H,6-8H2,1H3,(H,15,17). The van der Waals surface area contributed by atoms with Crippen LogP contribution in [0.15, 0.2) is 24.3 Å². The molecule has 0 bridgehead atoms. The van der Waals surface area contributed by atoms with Crippen LogP contribution < -0.4 is 10.1 Å². The van der Waals surface area contributed by atoms with Gasteiger partial charge in [0.2, 0.25) is 5.91 Å². The third-order valence-corrected chi connectivity index (χ3v) is 2.38. The van der Waals surface area contributed by atoms with Crippen LogP contribution in [0.3, 0.4) is 0 Å². The number of aliphatic hydroxyl groups excluding tert-OH is 1. The molecule has 7 heteroatoms. The molecule has 0 aliphatic heterocycles. The number of hydrogen-bond donors (Lipinski definition) is 2. The molecule has 0 saturated carbocycles. The van der Waals surface area contributed by atoms with Gasteiger partial charge < -0.3 is 19.9 Å². The number of hydrogen-bond acceptors (Lipinski definition) is 5. The number of aliphatic hydroxyl groups is 1. The molecule has 0 fully saturated rings. The number of carbonyl (C=O) groups is 2. The first-order valence-electron chi connectivity index (χ1n) is 5.94. The summed E-state index contributed by atoms with van der Waals surface area (Å²) in [5.41, 5.74) is 0. The van der Waals surface area contributed by atoms with Gasteiger partial charge in [-0.2, -0.15) is 0 Å². The number of carbonyl (C=O) groups excluding carboxylic acids is 2. The fourth-order valence-electron chi connectivity index (χ4n) is 1.31. The van der Waals surface area contributed by atoms with Gasteiger partial charge in [0.15, 0.2) is 6.10 Å². The molecule has 20 heavy (non-hydrogen) atoms. The summed E-state index contributed by atoms with van der Waals surface area (Å²) in [5, 5.41) is 11.6. The van der Waals surface area contributed by atoms with Crippen molar-refractivity contribution in [3.05, 3.63) is 30.1 Å². The van der Waals surface area contributed by atoms with Crippen molar-refractivity contribution in [3.63, 3.8) is 0 Å². The summed E-state index contributed by atoms with van der Waals surface area (Å²) in [6.45, 7) is -0.117. The zero-order valence-electron chi connectivity index (χ0n) is 11.0. The molecule has 1 atom stereocenters. The molecule has 6 nitrogen and oxygen atoms in total. The van der Waals surface area contributed by atoms with E-state index >= 15 is 0 Å². The molecule has 1 amide bonds. The predicted molar refractivity (Wildman–Crippen MR) is 67.5 cm³/mol. The van der Waals surface area contributed by atoms with Gasteiger partial charge in [0, 0.05) is 0 Å². The summed E-state index contributed by atoms with van der Waals surface area (Å²) >= 11 is 0. The van der Waals surface area contributed by atoms with E-state index < -0.39 is 12.1 Å². The largest absolute Gasteiger partial charge is 0.493 e. The highest BCUT2D eigenvalue weighted by Gasteiger charge is 2.15. The van der Waals surface area contributed by atoms with E-state index in [0.29, 0.717) is 5.75 Å². The quantitative estimate of drug-likeness (QED) is 0.701. The topological polar surface area (TPSA) is 84.9 Å². The third-order valence-electron chi connectivity index (χ3n) is 2.38. The van der Waals surface area contributed by atoms with Gasteiger partial charge in [-0.3, -0.25) is 4.79 Å². The number of esters is 1. The Bertz CT molecular complexity index is 449. The van der Waals surface area contributed by atoms with Gasteiger partial charge in [-0.1, -0.05) is 0 Å². The Morgan fingerprint density at radius 3 is 2.60 bits per heavy atom. The molecule has 1 rings (SSSR count). The number of halogens is 1. The van der Waals surface area contributed by atoms with E-state index in [1.165, 1.54) is 24.3 Å². The Kier molecular flexibility index (Phi) is 6.45. The van der Waals surface area contributed by atoms with Crippen molar-refractivity contribution in [2.75, 3.05) is 20.3 Å². The Morgan fingerprint density at radius 2 is 2.00 bits per heavy atom. The van der Waals surface area contributed by atoms with E-state index in [4.69, 9.17) is 4.74 Å². The van der Waals surface area contributed by atoms with E-state index in [9.17, 15) is 19.1 Å². The highest BCUT2D eigenvalue weighted by atomic mass is 19.1. The summed E-state index contributed by atoms with van der Waals surface area (Å²) in [6.07, 6.45) is -1.34. The van der Waals surface area contributed by atoms with Crippen LogP contribution in [0, 0.1) is 5.82 Å². The molecule has 110 valence electrons. The van der Waals surface area contributed by atoms with Gasteiger partial charge in [0.05, 0.1) is 26.7 Å². The minimum atomic E-state index is -1.39. The summed E-state index contributed by atoms with van der Waals surface area (Å²) < 4.78 is 22.1. The van der Waals surface area contributed by atoms with Crippen molar-refractivity contribution in [1.82, 2.24) is 5.32 Å². The SMILES string of the molecule is COC(=O)C(O)CNC(=O)CCOc1ccc(F)cc1. The highest BCUT2D eigenvalue weighted by molar-refractivity contribution is 5.78. The van der Waals surface area contributed by atoms with Crippen LogP contribution in [0.4, 0.5) is 4.39 Å². The van der Waals surface area contributed by atoms with Crippen molar-refractivity contribution in [3.8, 4) is 5.75 Å². The second-order valence-electron chi connectivity index (χ2n) is 3.90. The molecule has 0 radical (unpaired) electrons. The van der Waals surface area contributed by atoms with Crippen LogP contribution in [-0.4, -0.2) is 43.3 Å². The lowest BCUT2D eigenvalue weighted by Gasteiger charge is -2.10. The zero-order chi connectivity index (χ0) is 15.0. The van der Waals surface area contributed by atoms with Gasteiger partial charge in [-0.05, 0) is 24.3 Å². The van der Waals surface area contributed by atoms with E-state index in [2.05, 4.69) is 10.1 Å². The fourth-order valence-corrected chi connectivity index (χ4v) is 1.31. The van der Waals surface area contributed by atoms with Gasteiger partial charge in [-0.15, -0.1) is 0 Å². The average molecular weight is 285 g/mol. The van der Waals surface area contributed by atoms with Crippen LogP contribution in [0.2, 0.25) is 0 Å². The molecular formula is C13H16FNO5. The van der Waals surface area contributed by atoms with Gasteiger partial charge in [0.25, 0.3) is 0 Å². The minimum Gasteiger partial charge on any atom is -0.493 e. The molecule has 1 aromatic carbocycles. The van der Waals surface area contributed by atoms with Crippen molar-refractivity contribution in [2.45, 2.75) is 12.5 Å². The summed E-state index contributed by atoms with van der Waals surface area (Å²) in [7, 11) is 1.14. The van der Waals surface area contributed by atoms with Crippen LogP contribution in [0.5, 0.6) is 5.75 Å². The van der Waals surface area contributed by atoms with Crippen LogP contribution >= 0.6 is 0 Å². The van der Waals surface area contributed by atoms with Crippen molar-refractivity contribution < 1.29 is 28.6 Å². The Morgan fingerprint density at radius 1 is 1.35 bits per heavy atom. The van der Waals surface area contributed by atoms with E-state index in [1.807, 2.05) is 0 Å². The monoisotopic (exact) mass is 285 g/mol. The second-order valence-corrected chi connectivity index (χ2v) is 3.90. The maximum Gasteiger partial charge on any atom is 0.336 e. The number of nitrogens with one attached hydrogen (secondary N) is 1. The van der Waals surface area contributed by atoms with Crippen LogP contribution in [0.1, 0.15) is 6.42 Å². The minimum absolute atomic E-state index is 0.0469. The lowest BCUT2D eigenvalue weighted by atomic mass is 10.3. The smallest absolute Gasteiger partial charge is 0.336 e. The predicted octanol–water partition coefficient (Wildman–Crippen LogP) is 0.245. The molecular weight excluding hydrogens is 269 g/mol.